The maximum Gasteiger partial charge on any atom is 0.251 e. The van der Waals surface area contributed by atoms with Crippen LogP contribution in [0, 0.1) is 0 Å². The lowest BCUT2D eigenvalue weighted by Gasteiger charge is -2.33. The van der Waals surface area contributed by atoms with Crippen LogP contribution in [0.5, 0.6) is 0 Å². The third-order valence-corrected chi connectivity index (χ3v) is 5.22. The number of piperidine rings is 1. The molecule has 0 bridgehead atoms. The van der Waals surface area contributed by atoms with Crippen LogP contribution in [0.3, 0.4) is 0 Å². The Labute approximate surface area is 154 Å². The van der Waals surface area contributed by atoms with E-state index in [1.165, 1.54) is 5.56 Å². The van der Waals surface area contributed by atoms with Crippen molar-refractivity contribution in [3.8, 4) is 0 Å². The average molecular weight is 347 g/mol. The number of likely N-dealkylation sites (tertiary alicyclic amines) is 1. The minimum atomic E-state index is 0.0306. The minimum Gasteiger partial charge on any atom is -0.361 e. The molecule has 2 heterocycles. The normalized spacial score (nSPS) is 18.1. The highest BCUT2D eigenvalue weighted by Gasteiger charge is 2.21. The number of nitrogens with one attached hydrogen (secondary N) is 2. The summed E-state index contributed by atoms with van der Waals surface area (Å²) in [6.45, 7) is 3.10. The Hall–Kier alpha value is -2.59. The molecular formula is C22H25N3O. The van der Waals surface area contributed by atoms with Gasteiger partial charge in [-0.1, -0.05) is 30.3 Å². The molecule has 26 heavy (non-hydrogen) atoms. The highest BCUT2D eigenvalue weighted by molar-refractivity contribution is 5.98. The Balaban J connectivity index is 1.33. The van der Waals surface area contributed by atoms with Crippen LogP contribution >= 0.6 is 0 Å². The number of benzene rings is 2. The molecule has 2 N–H and O–H groups in total. The van der Waals surface area contributed by atoms with Gasteiger partial charge >= 0.3 is 0 Å². The maximum atomic E-state index is 12.6. The predicted octanol–water partition coefficient (Wildman–Crippen LogP) is 3.60. The fourth-order valence-corrected chi connectivity index (χ4v) is 3.77. The van der Waals surface area contributed by atoms with Gasteiger partial charge < -0.3 is 15.2 Å². The zero-order chi connectivity index (χ0) is 17.8. The second-order valence-electron chi connectivity index (χ2n) is 7.13. The van der Waals surface area contributed by atoms with Gasteiger partial charge in [0.1, 0.15) is 0 Å². The van der Waals surface area contributed by atoms with Crippen LogP contribution in [0.25, 0.3) is 10.9 Å². The number of aromatic amines is 1. The third-order valence-electron chi connectivity index (χ3n) is 5.22. The largest absolute Gasteiger partial charge is 0.361 e. The SMILES string of the molecule is O=C(N[C@@H]1CCCN(CCc2ccccc2)C1)c1ccc2[nH]ccc2c1. The van der Waals surface area contributed by atoms with E-state index in [-0.39, 0.29) is 11.9 Å². The molecule has 1 atom stereocenters. The second-order valence-corrected chi connectivity index (χ2v) is 7.13. The van der Waals surface area contributed by atoms with E-state index in [4.69, 9.17) is 0 Å². The van der Waals surface area contributed by atoms with E-state index >= 15 is 0 Å². The highest BCUT2D eigenvalue weighted by Crippen LogP contribution is 2.16. The smallest absolute Gasteiger partial charge is 0.251 e. The molecule has 1 aliphatic rings. The van der Waals surface area contributed by atoms with Crippen LogP contribution < -0.4 is 5.32 Å². The summed E-state index contributed by atoms with van der Waals surface area (Å²) >= 11 is 0. The van der Waals surface area contributed by atoms with E-state index in [0.717, 1.165) is 55.4 Å². The fourth-order valence-electron chi connectivity index (χ4n) is 3.77. The Bertz CT molecular complexity index is 871. The molecular weight excluding hydrogens is 322 g/mol. The van der Waals surface area contributed by atoms with Crippen LogP contribution in [0.4, 0.5) is 0 Å². The number of aromatic nitrogens is 1. The molecule has 134 valence electrons. The molecule has 0 saturated carbocycles. The first-order valence-electron chi connectivity index (χ1n) is 9.42. The van der Waals surface area contributed by atoms with E-state index in [2.05, 4.69) is 45.5 Å². The van der Waals surface area contributed by atoms with Crippen molar-refractivity contribution in [2.45, 2.75) is 25.3 Å². The third kappa shape index (κ3) is 3.97. The first-order chi connectivity index (χ1) is 12.8. The van der Waals surface area contributed by atoms with Crippen molar-refractivity contribution in [1.82, 2.24) is 15.2 Å². The molecule has 1 amide bonds. The average Bonchev–Trinajstić information content (AvgIpc) is 3.15. The standard InChI is InChI=1S/C22H25N3O/c26-22(19-8-9-21-18(15-19)10-12-23-21)24-20-7-4-13-25(16-20)14-11-17-5-2-1-3-6-17/h1-3,5-6,8-10,12,15,20,23H,4,7,11,13-14,16H2,(H,24,26)/t20-/m1/s1. The van der Waals surface area contributed by atoms with Crippen molar-refractivity contribution in [3.05, 3.63) is 71.9 Å². The van der Waals surface area contributed by atoms with Gasteiger partial charge in [-0.15, -0.1) is 0 Å². The van der Waals surface area contributed by atoms with Gasteiger partial charge in [0, 0.05) is 41.8 Å². The molecule has 1 fully saturated rings. The summed E-state index contributed by atoms with van der Waals surface area (Å²) in [5.41, 5.74) is 3.17. The fraction of sp³-hybridized carbons (Fsp3) is 0.318. The Morgan fingerprint density at radius 2 is 2.04 bits per heavy atom. The van der Waals surface area contributed by atoms with Crippen molar-refractivity contribution in [3.63, 3.8) is 0 Å². The van der Waals surface area contributed by atoms with Gasteiger partial charge in [0.05, 0.1) is 0 Å². The van der Waals surface area contributed by atoms with E-state index in [1.54, 1.807) is 0 Å². The molecule has 4 nitrogen and oxygen atoms in total. The van der Waals surface area contributed by atoms with Crippen LogP contribution in [-0.4, -0.2) is 41.5 Å². The highest BCUT2D eigenvalue weighted by atomic mass is 16.1. The Kier molecular flexibility index (Phi) is 5.02. The number of carbonyl (C=O) groups is 1. The molecule has 0 aliphatic carbocycles. The Morgan fingerprint density at radius 1 is 1.15 bits per heavy atom. The lowest BCUT2D eigenvalue weighted by Crippen LogP contribution is -2.48. The van der Waals surface area contributed by atoms with Gasteiger partial charge in [0.15, 0.2) is 0 Å². The summed E-state index contributed by atoms with van der Waals surface area (Å²) < 4.78 is 0. The topological polar surface area (TPSA) is 48.1 Å². The zero-order valence-corrected chi connectivity index (χ0v) is 14.9. The summed E-state index contributed by atoms with van der Waals surface area (Å²) in [6, 6.07) is 18.7. The van der Waals surface area contributed by atoms with Crippen molar-refractivity contribution in [2.75, 3.05) is 19.6 Å². The van der Waals surface area contributed by atoms with Gasteiger partial charge in [0.2, 0.25) is 0 Å². The summed E-state index contributed by atoms with van der Waals surface area (Å²) in [4.78, 5) is 18.3. The van der Waals surface area contributed by atoms with E-state index in [0.29, 0.717) is 0 Å². The lowest BCUT2D eigenvalue weighted by molar-refractivity contribution is 0.0904. The maximum absolute atomic E-state index is 12.6. The van der Waals surface area contributed by atoms with E-state index in [9.17, 15) is 4.79 Å². The van der Waals surface area contributed by atoms with E-state index in [1.807, 2.05) is 30.5 Å². The number of carbonyl (C=O) groups excluding carboxylic acids is 1. The summed E-state index contributed by atoms with van der Waals surface area (Å²) in [5.74, 6) is 0.0306. The molecule has 0 radical (unpaired) electrons. The Morgan fingerprint density at radius 3 is 2.92 bits per heavy atom. The van der Waals surface area contributed by atoms with Gasteiger partial charge in [-0.3, -0.25) is 4.79 Å². The van der Waals surface area contributed by atoms with Gasteiger partial charge in [-0.2, -0.15) is 0 Å². The number of rotatable bonds is 5. The molecule has 0 spiro atoms. The van der Waals surface area contributed by atoms with Crippen molar-refractivity contribution in [2.24, 2.45) is 0 Å². The number of hydrogen-bond donors (Lipinski definition) is 2. The molecule has 4 heteroatoms. The van der Waals surface area contributed by atoms with E-state index < -0.39 is 0 Å². The van der Waals surface area contributed by atoms with Crippen LogP contribution in [-0.2, 0) is 6.42 Å². The van der Waals surface area contributed by atoms with Crippen molar-refractivity contribution < 1.29 is 4.79 Å². The zero-order valence-electron chi connectivity index (χ0n) is 14.9. The summed E-state index contributed by atoms with van der Waals surface area (Å²) in [5, 5.41) is 4.30. The number of hydrogen-bond acceptors (Lipinski definition) is 2. The molecule has 0 unspecified atom stereocenters. The van der Waals surface area contributed by atoms with Crippen LogP contribution in [0.2, 0.25) is 0 Å². The minimum absolute atomic E-state index is 0.0306. The summed E-state index contributed by atoms with van der Waals surface area (Å²) in [6.07, 6.45) is 5.15. The molecule has 2 aromatic carbocycles. The van der Waals surface area contributed by atoms with Crippen LogP contribution in [0.1, 0.15) is 28.8 Å². The predicted molar refractivity (Wildman–Crippen MR) is 105 cm³/mol. The molecule has 1 aliphatic heterocycles. The lowest BCUT2D eigenvalue weighted by atomic mass is 10.0. The van der Waals surface area contributed by atoms with Crippen molar-refractivity contribution >= 4 is 16.8 Å². The first-order valence-corrected chi connectivity index (χ1v) is 9.42. The molecule has 3 aromatic rings. The van der Waals surface area contributed by atoms with Gasteiger partial charge in [-0.25, -0.2) is 0 Å². The number of H-pyrrole nitrogens is 1. The number of fused-ring (bicyclic) bond motifs is 1. The number of nitrogens with zero attached hydrogens (tertiary/aromatic N) is 1. The second kappa shape index (κ2) is 7.75. The quantitative estimate of drug-likeness (QED) is 0.741. The van der Waals surface area contributed by atoms with Gasteiger partial charge in [0.25, 0.3) is 5.91 Å². The van der Waals surface area contributed by atoms with Crippen molar-refractivity contribution in [1.29, 1.82) is 0 Å². The summed E-state index contributed by atoms with van der Waals surface area (Å²) in [7, 11) is 0. The first kappa shape index (κ1) is 16.9. The monoisotopic (exact) mass is 347 g/mol. The molecule has 1 saturated heterocycles. The van der Waals surface area contributed by atoms with Crippen LogP contribution in [0.15, 0.2) is 60.8 Å². The van der Waals surface area contributed by atoms with Gasteiger partial charge in [-0.05, 0) is 55.6 Å². The number of amides is 1. The molecule has 4 rings (SSSR count). The molecule has 1 aromatic heterocycles.